The Morgan fingerprint density at radius 1 is 1.10 bits per heavy atom. The Kier molecular flexibility index (Phi) is 6.28. The summed E-state index contributed by atoms with van der Waals surface area (Å²) in [6.45, 7) is 0.427. The Balaban J connectivity index is 1.26. The van der Waals surface area contributed by atoms with Crippen molar-refractivity contribution in [1.29, 1.82) is 0 Å². The van der Waals surface area contributed by atoms with Gasteiger partial charge in [-0.1, -0.05) is 72.4 Å². The van der Waals surface area contributed by atoms with Crippen molar-refractivity contribution in [3.63, 3.8) is 0 Å². The van der Waals surface area contributed by atoms with Crippen LogP contribution < -0.4 is 5.43 Å². The summed E-state index contributed by atoms with van der Waals surface area (Å²) in [6, 6.07) is 20.1. The lowest BCUT2D eigenvalue weighted by Crippen LogP contribution is -2.37. The molecule has 1 aromatic heterocycles. The molecule has 0 atom stereocenters. The van der Waals surface area contributed by atoms with Crippen LogP contribution in [0.15, 0.2) is 70.8 Å². The minimum Gasteiger partial charge on any atom is -0.309 e. The maximum atomic E-state index is 12.3. The van der Waals surface area contributed by atoms with Gasteiger partial charge in [-0.25, -0.2) is 0 Å². The largest absolute Gasteiger partial charge is 0.309 e. The van der Waals surface area contributed by atoms with E-state index in [1.807, 2.05) is 60.1 Å². The fraction of sp³-hybridized carbons (Fsp3) is 0.200. The highest BCUT2D eigenvalue weighted by atomic mass is 32.2. The summed E-state index contributed by atoms with van der Waals surface area (Å²) in [5, 5.41) is 10.1. The topological polar surface area (TPSA) is 75.4 Å². The number of thioether (sulfide) groups is 1. The molecule has 0 fully saturated rings. The van der Waals surface area contributed by atoms with Crippen LogP contribution in [-0.4, -0.2) is 42.6 Å². The lowest BCUT2D eigenvalue weighted by molar-refractivity contribution is -0.121. The van der Waals surface area contributed by atoms with Crippen molar-refractivity contribution in [3.8, 4) is 0 Å². The van der Waals surface area contributed by atoms with Gasteiger partial charge in [-0.05, 0) is 5.56 Å². The minimum atomic E-state index is -0.0976. The Hall–Kier alpha value is -2.62. The van der Waals surface area contributed by atoms with Crippen molar-refractivity contribution in [2.75, 3.05) is 12.4 Å². The van der Waals surface area contributed by atoms with E-state index in [0.29, 0.717) is 13.1 Å². The van der Waals surface area contributed by atoms with Gasteiger partial charge in [0.15, 0.2) is 5.16 Å². The van der Waals surface area contributed by atoms with Gasteiger partial charge in [-0.3, -0.25) is 15.2 Å². The number of aliphatic imine (C=N–C) groups is 1. The number of benzene rings is 2. The van der Waals surface area contributed by atoms with E-state index in [2.05, 4.69) is 32.7 Å². The zero-order valence-electron chi connectivity index (χ0n) is 15.9. The van der Waals surface area contributed by atoms with Crippen LogP contribution in [-0.2, 0) is 18.3 Å². The third kappa shape index (κ3) is 5.06. The molecule has 1 aliphatic heterocycles. The maximum absolute atomic E-state index is 12.3. The number of nitrogens with one attached hydrogen (secondary N) is 1. The van der Waals surface area contributed by atoms with E-state index < -0.39 is 0 Å². The van der Waals surface area contributed by atoms with E-state index in [1.165, 1.54) is 29.3 Å². The Bertz CT molecular complexity index is 1010. The summed E-state index contributed by atoms with van der Waals surface area (Å²) in [5.74, 6) is 1.03. The van der Waals surface area contributed by atoms with Crippen molar-refractivity contribution in [2.45, 2.75) is 11.6 Å². The van der Waals surface area contributed by atoms with Crippen molar-refractivity contribution >= 4 is 34.7 Å². The average Bonchev–Trinajstić information content (AvgIpc) is 3.35. The van der Waals surface area contributed by atoms with Gasteiger partial charge in [0.05, 0.1) is 5.75 Å². The highest BCUT2D eigenvalue weighted by Gasteiger charge is 2.20. The number of carbonyl (C=O) groups is 1. The molecular formula is C20H20N6OS2. The highest BCUT2D eigenvalue weighted by Crippen LogP contribution is 2.23. The summed E-state index contributed by atoms with van der Waals surface area (Å²) in [5.41, 5.74) is 5.11. The Morgan fingerprint density at radius 2 is 1.83 bits per heavy atom. The number of hydrogen-bond donors (Lipinski definition) is 1. The zero-order chi connectivity index (χ0) is 20.1. The first-order valence-electron chi connectivity index (χ1n) is 9.09. The lowest BCUT2D eigenvalue weighted by Gasteiger charge is -2.14. The van der Waals surface area contributed by atoms with Gasteiger partial charge >= 0.3 is 0 Å². The van der Waals surface area contributed by atoms with Crippen molar-refractivity contribution < 1.29 is 4.79 Å². The fourth-order valence-electron chi connectivity index (χ4n) is 2.78. The molecule has 2 heterocycles. The smallest absolute Gasteiger partial charge is 0.245 e. The van der Waals surface area contributed by atoms with Crippen molar-refractivity contribution in [1.82, 2.24) is 24.6 Å². The molecule has 1 amide bonds. The first-order valence-corrected chi connectivity index (χ1v) is 10.8. The van der Waals surface area contributed by atoms with E-state index in [4.69, 9.17) is 0 Å². The molecule has 7 nitrogen and oxygen atoms in total. The van der Waals surface area contributed by atoms with Crippen LogP contribution in [0.5, 0.6) is 0 Å². The van der Waals surface area contributed by atoms with Crippen molar-refractivity contribution in [3.05, 3.63) is 77.6 Å². The Morgan fingerprint density at radius 3 is 2.59 bits per heavy atom. The number of amides is 1. The van der Waals surface area contributed by atoms with E-state index in [1.54, 1.807) is 4.41 Å². The Labute approximate surface area is 177 Å². The predicted molar refractivity (Wildman–Crippen MR) is 116 cm³/mol. The number of rotatable bonds is 7. The number of aromatic nitrogens is 3. The number of hydrogen-bond acceptors (Lipinski definition) is 7. The summed E-state index contributed by atoms with van der Waals surface area (Å²) < 4.78 is 3.68. The predicted octanol–water partition coefficient (Wildman–Crippen LogP) is 2.90. The quantitative estimate of drug-likeness (QED) is 0.464. The molecule has 0 aliphatic carbocycles. The van der Waals surface area contributed by atoms with Crippen LogP contribution in [0.1, 0.15) is 17.0 Å². The third-order valence-corrected chi connectivity index (χ3v) is 6.26. The summed E-state index contributed by atoms with van der Waals surface area (Å²) in [6.07, 6.45) is 0.709. The SMILES string of the molecule is Cn1c(Cc2ccccc2)nnc1SCC(=O)NN1CN=C(c2ccccc2)S1. The molecule has 4 rings (SSSR count). The van der Waals surface area contributed by atoms with Crippen LogP contribution in [0.4, 0.5) is 0 Å². The van der Waals surface area contributed by atoms with Crippen LogP contribution >= 0.6 is 23.7 Å². The molecule has 2 aromatic carbocycles. The fourth-order valence-corrected chi connectivity index (χ4v) is 4.33. The first-order chi connectivity index (χ1) is 14.2. The van der Waals surface area contributed by atoms with Gasteiger partial charge in [0.2, 0.25) is 5.91 Å². The first kappa shape index (κ1) is 19.7. The minimum absolute atomic E-state index is 0.0976. The van der Waals surface area contributed by atoms with E-state index in [9.17, 15) is 4.79 Å². The van der Waals surface area contributed by atoms with Crippen LogP contribution in [0.2, 0.25) is 0 Å². The van der Waals surface area contributed by atoms with Gasteiger partial charge in [0.25, 0.3) is 0 Å². The summed E-state index contributed by atoms with van der Waals surface area (Å²) in [4.78, 5) is 16.8. The zero-order valence-corrected chi connectivity index (χ0v) is 17.5. The van der Waals surface area contributed by atoms with Gasteiger partial charge < -0.3 is 4.57 Å². The van der Waals surface area contributed by atoms with Crippen molar-refractivity contribution in [2.24, 2.45) is 12.0 Å². The monoisotopic (exact) mass is 424 g/mol. The second kappa shape index (κ2) is 9.25. The van der Waals surface area contributed by atoms with E-state index in [0.717, 1.165) is 21.6 Å². The number of carbonyl (C=O) groups excluding carboxylic acids is 1. The third-order valence-electron chi connectivity index (χ3n) is 4.27. The maximum Gasteiger partial charge on any atom is 0.245 e. The van der Waals surface area contributed by atoms with Gasteiger partial charge in [0.1, 0.15) is 17.5 Å². The lowest BCUT2D eigenvalue weighted by atomic mass is 10.1. The summed E-state index contributed by atoms with van der Waals surface area (Å²) >= 11 is 2.80. The van der Waals surface area contributed by atoms with Crippen LogP contribution in [0, 0.1) is 0 Å². The molecule has 0 saturated heterocycles. The molecule has 3 aromatic rings. The molecule has 29 heavy (non-hydrogen) atoms. The normalized spacial score (nSPS) is 14.0. The summed E-state index contributed by atoms with van der Waals surface area (Å²) in [7, 11) is 1.93. The molecule has 1 N–H and O–H groups in total. The molecule has 1 aliphatic rings. The van der Waals surface area contributed by atoms with Crippen LogP contribution in [0.25, 0.3) is 0 Å². The molecule has 0 spiro atoms. The highest BCUT2D eigenvalue weighted by molar-refractivity contribution is 8.12. The number of hydrazine groups is 1. The van der Waals surface area contributed by atoms with E-state index >= 15 is 0 Å². The molecule has 148 valence electrons. The van der Waals surface area contributed by atoms with Gasteiger partial charge in [-0.2, -0.15) is 0 Å². The molecule has 9 heteroatoms. The average molecular weight is 425 g/mol. The molecule has 0 radical (unpaired) electrons. The second-order valence-corrected chi connectivity index (χ2v) is 8.34. The van der Waals surface area contributed by atoms with Gasteiger partial charge in [0, 0.05) is 31.0 Å². The number of nitrogens with zero attached hydrogens (tertiary/aromatic N) is 5. The standard InChI is InChI=1S/C20H20N6OS2/c1-25-17(12-15-8-4-2-5-9-15)22-23-20(25)28-13-18(27)24-26-14-21-19(29-26)16-10-6-3-7-11-16/h2-11H,12-14H2,1H3,(H,24,27). The second-order valence-electron chi connectivity index (χ2n) is 6.38. The van der Waals surface area contributed by atoms with E-state index in [-0.39, 0.29) is 11.7 Å². The molecule has 0 unspecified atom stereocenters. The molecule has 0 bridgehead atoms. The molecular weight excluding hydrogens is 404 g/mol. The van der Waals surface area contributed by atoms with Gasteiger partial charge in [-0.15, -0.1) is 14.6 Å². The molecule has 0 saturated carbocycles. The van der Waals surface area contributed by atoms with Crippen LogP contribution in [0.3, 0.4) is 0 Å².